The summed E-state index contributed by atoms with van der Waals surface area (Å²) in [6.45, 7) is 6.61. The van der Waals surface area contributed by atoms with Gasteiger partial charge in [0.15, 0.2) is 0 Å². The van der Waals surface area contributed by atoms with Crippen molar-refractivity contribution in [3.8, 4) is 0 Å². The maximum absolute atomic E-state index is 8.06. The smallest absolute Gasteiger partial charge is 0.0483 e. The van der Waals surface area contributed by atoms with Crippen molar-refractivity contribution in [1.29, 1.82) is 0 Å². The maximum atomic E-state index is 8.06. The quantitative estimate of drug-likeness (QED) is 0.289. The molecule has 0 spiro atoms. The van der Waals surface area contributed by atoms with E-state index in [2.05, 4.69) is 6.92 Å². The number of hydrogen-bond donors (Lipinski definition) is 2. The van der Waals surface area contributed by atoms with E-state index in [1.807, 2.05) is 0 Å². The average molecular weight is 366 g/mol. The van der Waals surface area contributed by atoms with Gasteiger partial charge in [-0.2, -0.15) is 0 Å². The van der Waals surface area contributed by atoms with Crippen LogP contribution >= 0.6 is 12.4 Å². The Morgan fingerprint density at radius 1 is 0.583 bits per heavy atom. The molecule has 0 rings (SSSR count). The molecular formula is C21H48ClNO. The lowest BCUT2D eigenvalue weighted by Crippen LogP contribution is -1.97. The lowest BCUT2D eigenvalue weighted by atomic mass is 10.0. The second-order valence-electron chi connectivity index (χ2n) is 7.19. The summed E-state index contributed by atoms with van der Waals surface area (Å²) in [4.78, 5) is 0. The molecule has 0 fully saturated rings. The van der Waals surface area contributed by atoms with Crippen LogP contribution in [0.1, 0.15) is 124 Å². The third-order valence-corrected chi connectivity index (χ3v) is 4.06. The van der Waals surface area contributed by atoms with E-state index in [0.717, 1.165) is 6.54 Å². The van der Waals surface area contributed by atoms with Crippen LogP contribution in [0, 0.1) is 0 Å². The zero-order valence-electron chi connectivity index (χ0n) is 17.0. The zero-order chi connectivity index (χ0) is 17.6. The maximum Gasteiger partial charge on any atom is 0.0483 e. The topological polar surface area (TPSA) is 46.2 Å². The molecule has 0 atom stereocenters. The minimum Gasteiger partial charge on any atom is -0.394 e. The van der Waals surface area contributed by atoms with E-state index >= 15 is 0 Å². The fraction of sp³-hybridized carbons (Fsp3) is 1.00. The van der Waals surface area contributed by atoms with Gasteiger partial charge in [0.05, 0.1) is 0 Å². The zero-order valence-corrected chi connectivity index (χ0v) is 17.8. The van der Waals surface area contributed by atoms with Crippen LogP contribution in [0.4, 0.5) is 0 Å². The molecule has 0 aromatic heterocycles. The van der Waals surface area contributed by atoms with Gasteiger partial charge < -0.3 is 10.8 Å². The molecular weight excluding hydrogens is 318 g/mol. The minimum absolute atomic E-state index is 0. The number of hydrogen-bond acceptors (Lipinski definition) is 2. The van der Waals surface area contributed by atoms with Gasteiger partial charge in [0, 0.05) is 6.10 Å². The Balaban J connectivity index is -0.000000787. The molecule has 0 bridgehead atoms. The van der Waals surface area contributed by atoms with Crippen molar-refractivity contribution < 1.29 is 5.11 Å². The van der Waals surface area contributed by atoms with E-state index in [1.54, 1.807) is 13.8 Å². The van der Waals surface area contributed by atoms with Gasteiger partial charge in [-0.05, 0) is 26.8 Å². The number of nitrogens with two attached hydrogens (primary N) is 1. The summed E-state index contributed by atoms with van der Waals surface area (Å²) in [7, 11) is 0. The highest BCUT2D eigenvalue weighted by atomic mass is 35.5. The van der Waals surface area contributed by atoms with Crippen molar-refractivity contribution in [1.82, 2.24) is 0 Å². The van der Waals surface area contributed by atoms with Crippen molar-refractivity contribution in [2.24, 2.45) is 5.73 Å². The summed E-state index contributed by atoms with van der Waals surface area (Å²) in [5, 5.41) is 8.06. The highest BCUT2D eigenvalue weighted by Crippen LogP contribution is 2.13. The highest BCUT2D eigenvalue weighted by molar-refractivity contribution is 5.85. The predicted octanol–water partition coefficient (Wildman–Crippen LogP) is 7.02. The molecule has 2 nitrogen and oxygen atoms in total. The van der Waals surface area contributed by atoms with Gasteiger partial charge >= 0.3 is 0 Å². The molecule has 0 aliphatic heterocycles. The SMILES string of the molecule is CC(C)O.CCCCCCCCCCCCCCCCCCN.Cl. The molecule has 150 valence electrons. The number of aliphatic hydroxyl groups is 1. The van der Waals surface area contributed by atoms with Gasteiger partial charge in [0.1, 0.15) is 0 Å². The first-order chi connectivity index (χ1) is 11.1. The Morgan fingerprint density at radius 2 is 0.792 bits per heavy atom. The summed E-state index contributed by atoms with van der Waals surface area (Å²) < 4.78 is 0. The summed E-state index contributed by atoms with van der Waals surface area (Å²) in [6.07, 6.45) is 22.7. The van der Waals surface area contributed by atoms with E-state index in [-0.39, 0.29) is 18.5 Å². The Hall–Kier alpha value is 0.210. The summed E-state index contributed by atoms with van der Waals surface area (Å²) in [5.74, 6) is 0. The average Bonchev–Trinajstić information content (AvgIpc) is 2.50. The van der Waals surface area contributed by atoms with E-state index in [1.165, 1.54) is 103 Å². The molecule has 0 amide bonds. The summed E-state index contributed by atoms with van der Waals surface area (Å²) in [6, 6.07) is 0. The molecule has 24 heavy (non-hydrogen) atoms. The number of unbranched alkanes of at least 4 members (excludes halogenated alkanes) is 15. The van der Waals surface area contributed by atoms with Gasteiger partial charge in [-0.15, -0.1) is 12.4 Å². The highest BCUT2D eigenvalue weighted by Gasteiger charge is 1.94. The van der Waals surface area contributed by atoms with Gasteiger partial charge in [-0.25, -0.2) is 0 Å². The van der Waals surface area contributed by atoms with E-state index in [0.29, 0.717) is 0 Å². The normalized spacial score (nSPS) is 10.2. The third-order valence-electron chi connectivity index (χ3n) is 4.06. The van der Waals surface area contributed by atoms with Crippen molar-refractivity contribution in [2.45, 2.75) is 130 Å². The van der Waals surface area contributed by atoms with E-state index in [4.69, 9.17) is 10.8 Å². The lowest BCUT2D eigenvalue weighted by Gasteiger charge is -2.03. The molecule has 0 aliphatic carbocycles. The third kappa shape index (κ3) is 38.0. The van der Waals surface area contributed by atoms with Crippen molar-refractivity contribution in [3.63, 3.8) is 0 Å². The number of aliphatic hydroxyl groups excluding tert-OH is 1. The van der Waals surface area contributed by atoms with Crippen LogP contribution in [-0.2, 0) is 0 Å². The Bertz CT molecular complexity index is 170. The van der Waals surface area contributed by atoms with Gasteiger partial charge in [-0.3, -0.25) is 0 Å². The first-order valence-electron chi connectivity index (χ1n) is 10.5. The Labute approximate surface area is 159 Å². The van der Waals surface area contributed by atoms with E-state index < -0.39 is 0 Å². The molecule has 0 saturated heterocycles. The van der Waals surface area contributed by atoms with Crippen LogP contribution in [-0.4, -0.2) is 17.8 Å². The number of rotatable bonds is 16. The number of halogens is 1. The molecule has 0 aromatic rings. The first-order valence-corrected chi connectivity index (χ1v) is 10.5. The Kier molecular flexibility index (Phi) is 33.9. The summed E-state index contributed by atoms with van der Waals surface area (Å²) >= 11 is 0. The van der Waals surface area contributed by atoms with Crippen LogP contribution in [0.25, 0.3) is 0 Å². The second kappa shape index (κ2) is 28.0. The fourth-order valence-corrected chi connectivity index (χ4v) is 2.69. The van der Waals surface area contributed by atoms with Crippen LogP contribution in [0.2, 0.25) is 0 Å². The monoisotopic (exact) mass is 365 g/mol. The molecule has 0 saturated carbocycles. The van der Waals surface area contributed by atoms with Crippen molar-refractivity contribution >= 4 is 12.4 Å². The molecule has 0 unspecified atom stereocenters. The van der Waals surface area contributed by atoms with Crippen LogP contribution < -0.4 is 5.73 Å². The first kappa shape index (κ1) is 29.0. The molecule has 0 aromatic carbocycles. The largest absolute Gasteiger partial charge is 0.394 e. The van der Waals surface area contributed by atoms with Crippen LogP contribution in [0.3, 0.4) is 0 Å². The predicted molar refractivity (Wildman–Crippen MR) is 113 cm³/mol. The van der Waals surface area contributed by atoms with Gasteiger partial charge in [0.25, 0.3) is 0 Å². The van der Waals surface area contributed by atoms with Gasteiger partial charge in [-0.1, -0.05) is 103 Å². The molecule has 3 N–H and O–H groups in total. The molecule has 0 radical (unpaired) electrons. The lowest BCUT2D eigenvalue weighted by molar-refractivity contribution is 0.216. The fourth-order valence-electron chi connectivity index (χ4n) is 2.69. The van der Waals surface area contributed by atoms with Crippen LogP contribution in [0.5, 0.6) is 0 Å². The van der Waals surface area contributed by atoms with Crippen LogP contribution in [0.15, 0.2) is 0 Å². The molecule has 0 heterocycles. The second-order valence-corrected chi connectivity index (χ2v) is 7.19. The van der Waals surface area contributed by atoms with Gasteiger partial charge in [0.2, 0.25) is 0 Å². The summed E-state index contributed by atoms with van der Waals surface area (Å²) in [5.41, 5.74) is 5.48. The van der Waals surface area contributed by atoms with Crippen molar-refractivity contribution in [3.05, 3.63) is 0 Å². The molecule has 3 heteroatoms. The Morgan fingerprint density at radius 3 is 1.00 bits per heavy atom. The van der Waals surface area contributed by atoms with E-state index in [9.17, 15) is 0 Å². The minimum atomic E-state index is -0.167. The van der Waals surface area contributed by atoms with Crippen molar-refractivity contribution in [2.75, 3.05) is 6.54 Å². The molecule has 0 aliphatic rings. The standard InChI is InChI=1S/C18H39N.C3H8O.ClH/c1-2-3-4-5-6-7-8-9-10-11-12-13-14-15-16-17-18-19;1-3(2)4;/h2-19H2,1H3;3-4H,1-2H3;1H.